The van der Waals surface area contributed by atoms with Crippen molar-refractivity contribution in [2.45, 2.75) is 6.04 Å². The molecule has 1 unspecified atom stereocenters. The maximum absolute atomic E-state index is 12.5. The Morgan fingerprint density at radius 1 is 1.38 bits per heavy atom. The Kier molecular flexibility index (Phi) is 4.85. The smallest absolute Gasteiger partial charge is 0.239 e. The van der Waals surface area contributed by atoms with Gasteiger partial charge in [-0.25, -0.2) is 4.98 Å². The van der Waals surface area contributed by atoms with Crippen LogP contribution in [0.3, 0.4) is 0 Å². The third-order valence-electron chi connectivity index (χ3n) is 4.02. The first-order valence-electron chi connectivity index (χ1n) is 7.80. The van der Waals surface area contributed by atoms with E-state index in [1.807, 2.05) is 42.3 Å². The number of nitrogens with zero attached hydrogens (tertiary/aromatic N) is 4. The lowest BCUT2D eigenvalue weighted by molar-refractivity contribution is -0.139. The zero-order valence-electron chi connectivity index (χ0n) is 13.5. The summed E-state index contributed by atoms with van der Waals surface area (Å²) in [5.74, 6) is 0.479. The lowest BCUT2D eigenvalue weighted by atomic mass is 10.1. The molecule has 3 rings (SSSR count). The van der Waals surface area contributed by atoms with Gasteiger partial charge < -0.3 is 10.2 Å². The molecule has 1 aliphatic heterocycles. The van der Waals surface area contributed by atoms with Crippen molar-refractivity contribution in [3.05, 3.63) is 48.0 Å². The average molecular weight is 328 g/mol. The van der Waals surface area contributed by atoms with Crippen molar-refractivity contribution < 1.29 is 9.59 Å². The Labute approximate surface area is 139 Å². The van der Waals surface area contributed by atoms with Gasteiger partial charge in [0.1, 0.15) is 12.2 Å². The molecule has 1 aliphatic rings. The molecule has 0 radical (unpaired) electrons. The minimum Gasteiger partial charge on any atom is -0.353 e. The van der Waals surface area contributed by atoms with Gasteiger partial charge in [0.2, 0.25) is 11.8 Å². The summed E-state index contributed by atoms with van der Waals surface area (Å²) in [4.78, 5) is 31.7. The number of benzene rings is 1. The molecule has 126 valence electrons. The lowest BCUT2D eigenvalue weighted by Gasteiger charge is -2.31. The van der Waals surface area contributed by atoms with Crippen molar-refractivity contribution in [1.29, 1.82) is 0 Å². The molecule has 24 heavy (non-hydrogen) atoms. The van der Waals surface area contributed by atoms with Gasteiger partial charge in [-0.2, -0.15) is 5.10 Å². The molecular weight excluding hydrogens is 308 g/mol. The number of hydrogen-bond acceptors (Lipinski definition) is 5. The zero-order valence-corrected chi connectivity index (χ0v) is 13.5. The lowest BCUT2D eigenvalue weighted by Crippen LogP contribution is -2.52. The molecule has 8 heteroatoms. The first-order valence-corrected chi connectivity index (χ1v) is 7.80. The van der Waals surface area contributed by atoms with Crippen LogP contribution in [0.5, 0.6) is 0 Å². The quantitative estimate of drug-likeness (QED) is 0.792. The molecule has 1 saturated heterocycles. The fraction of sp³-hybridized carbons (Fsp3) is 0.375. The number of rotatable bonds is 5. The molecule has 0 saturated carbocycles. The molecule has 2 aromatic rings. The van der Waals surface area contributed by atoms with E-state index in [0.29, 0.717) is 18.9 Å². The number of H-pyrrole nitrogens is 1. The number of aromatic nitrogens is 3. The number of aromatic amines is 1. The highest BCUT2D eigenvalue weighted by Gasteiger charge is 2.27. The summed E-state index contributed by atoms with van der Waals surface area (Å²) in [5, 5.41) is 9.53. The summed E-state index contributed by atoms with van der Waals surface area (Å²) in [6.45, 7) is 1.34. The van der Waals surface area contributed by atoms with Gasteiger partial charge in [-0.3, -0.25) is 19.6 Å². The van der Waals surface area contributed by atoms with Crippen molar-refractivity contribution in [3.63, 3.8) is 0 Å². The molecule has 1 aromatic carbocycles. The van der Waals surface area contributed by atoms with Crippen LogP contribution in [0.25, 0.3) is 0 Å². The third kappa shape index (κ3) is 3.60. The fourth-order valence-electron chi connectivity index (χ4n) is 2.86. The van der Waals surface area contributed by atoms with Gasteiger partial charge in [0, 0.05) is 13.1 Å². The van der Waals surface area contributed by atoms with Gasteiger partial charge in [-0.05, 0) is 12.6 Å². The van der Waals surface area contributed by atoms with Crippen LogP contribution in [-0.2, 0) is 9.59 Å². The third-order valence-corrected chi connectivity index (χ3v) is 4.02. The van der Waals surface area contributed by atoms with Gasteiger partial charge in [-0.15, -0.1) is 0 Å². The largest absolute Gasteiger partial charge is 0.353 e. The first-order chi connectivity index (χ1) is 11.6. The summed E-state index contributed by atoms with van der Waals surface area (Å²) in [6, 6.07) is 9.60. The van der Waals surface area contributed by atoms with E-state index in [1.54, 1.807) is 4.90 Å². The van der Waals surface area contributed by atoms with E-state index < -0.39 is 0 Å². The Morgan fingerprint density at radius 3 is 2.83 bits per heavy atom. The summed E-state index contributed by atoms with van der Waals surface area (Å²) >= 11 is 0. The monoisotopic (exact) mass is 328 g/mol. The molecule has 2 N–H and O–H groups in total. The predicted octanol–water partition coefficient (Wildman–Crippen LogP) is -0.216. The summed E-state index contributed by atoms with van der Waals surface area (Å²) < 4.78 is 0. The first kappa shape index (κ1) is 16.1. The van der Waals surface area contributed by atoms with Crippen LogP contribution in [0.4, 0.5) is 0 Å². The van der Waals surface area contributed by atoms with Gasteiger partial charge in [-0.1, -0.05) is 30.3 Å². The van der Waals surface area contributed by atoms with E-state index in [2.05, 4.69) is 20.5 Å². The second-order valence-electron chi connectivity index (χ2n) is 5.76. The summed E-state index contributed by atoms with van der Waals surface area (Å²) in [6.07, 6.45) is 1.45. The van der Waals surface area contributed by atoms with E-state index >= 15 is 0 Å². The standard InChI is InChI=1S/C16H20N6O2/c1-21(10-14(24)22-8-7-17-13(23)9-22)15(16-18-11-19-20-16)12-5-3-2-4-6-12/h2-6,11,15H,7-10H2,1H3,(H,17,23)(H,18,19,20). The van der Waals surface area contributed by atoms with E-state index in [0.717, 1.165) is 5.56 Å². The summed E-state index contributed by atoms with van der Waals surface area (Å²) in [7, 11) is 1.86. The molecule has 0 spiro atoms. The Hall–Kier alpha value is -2.74. The number of carbonyl (C=O) groups excluding carboxylic acids is 2. The number of nitrogens with one attached hydrogen (secondary N) is 2. The Bertz CT molecular complexity index is 688. The molecule has 2 heterocycles. The second-order valence-corrected chi connectivity index (χ2v) is 5.76. The average Bonchev–Trinajstić information content (AvgIpc) is 3.10. The summed E-state index contributed by atoms with van der Waals surface area (Å²) in [5.41, 5.74) is 1.01. The number of hydrogen-bond donors (Lipinski definition) is 2. The van der Waals surface area contributed by atoms with Crippen LogP contribution >= 0.6 is 0 Å². The number of likely N-dealkylation sites (N-methyl/N-ethyl adjacent to an activating group) is 1. The number of amides is 2. The minimum absolute atomic E-state index is 0.0761. The Morgan fingerprint density at radius 2 is 2.17 bits per heavy atom. The highest BCUT2D eigenvalue weighted by atomic mass is 16.2. The van der Waals surface area contributed by atoms with Gasteiger partial charge in [0.15, 0.2) is 0 Å². The van der Waals surface area contributed by atoms with Crippen molar-refractivity contribution >= 4 is 11.8 Å². The SMILES string of the molecule is CN(CC(=O)N1CCNC(=O)C1)C(c1ccccc1)c1ncn[nH]1. The molecule has 1 atom stereocenters. The number of carbonyl (C=O) groups is 2. The van der Waals surface area contributed by atoms with Crippen LogP contribution in [0.2, 0.25) is 0 Å². The molecular formula is C16H20N6O2. The van der Waals surface area contributed by atoms with Gasteiger partial charge >= 0.3 is 0 Å². The Balaban J connectivity index is 1.75. The van der Waals surface area contributed by atoms with Crippen molar-refractivity contribution in [3.8, 4) is 0 Å². The maximum atomic E-state index is 12.5. The minimum atomic E-state index is -0.212. The topological polar surface area (TPSA) is 94.2 Å². The normalized spacial score (nSPS) is 16.1. The van der Waals surface area contributed by atoms with Crippen molar-refractivity contribution in [2.75, 3.05) is 33.2 Å². The van der Waals surface area contributed by atoms with E-state index in [-0.39, 0.29) is 30.9 Å². The molecule has 8 nitrogen and oxygen atoms in total. The van der Waals surface area contributed by atoms with E-state index in [9.17, 15) is 9.59 Å². The number of piperazine rings is 1. The van der Waals surface area contributed by atoms with Crippen molar-refractivity contribution in [2.24, 2.45) is 0 Å². The highest BCUT2D eigenvalue weighted by molar-refractivity contribution is 5.86. The predicted molar refractivity (Wildman–Crippen MR) is 86.9 cm³/mol. The van der Waals surface area contributed by atoms with Crippen LogP contribution in [-0.4, -0.2) is 70.0 Å². The maximum Gasteiger partial charge on any atom is 0.239 e. The highest BCUT2D eigenvalue weighted by Crippen LogP contribution is 2.24. The fourth-order valence-corrected chi connectivity index (χ4v) is 2.86. The van der Waals surface area contributed by atoms with Crippen LogP contribution < -0.4 is 5.32 Å². The molecule has 1 fully saturated rings. The van der Waals surface area contributed by atoms with Crippen LogP contribution in [0.15, 0.2) is 36.7 Å². The van der Waals surface area contributed by atoms with Crippen LogP contribution in [0, 0.1) is 0 Å². The van der Waals surface area contributed by atoms with Crippen LogP contribution in [0.1, 0.15) is 17.4 Å². The molecule has 1 aromatic heterocycles. The van der Waals surface area contributed by atoms with Gasteiger partial charge in [0.05, 0.1) is 19.1 Å². The van der Waals surface area contributed by atoms with Crippen molar-refractivity contribution in [1.82, 2.24) is 30.3 Å². The molecule has 0 bridgehead atoms. The second kappa shape index (κ2) is 7.22. The van der Waals surface area contributed by atoms with E-state index in [4.69, 9.17) is 0 Å². The molecule has 0 aliphatic carbocycles. The molecule has 2 amide bonds. The van der Waals surface area contributed by atoms with Gasteiger partial charge in [0.25, 0.3) is 0 Å². The zero-order chi connectivity index (χ0) is 16.9. The van der Waals surface area contributed by atoms with E-state index in [1.165, 1.54) is 6.33 Å².